The van der Waals surface area contributed by atoms with Gasteiger partial charge in [-0.05, 0) is 36.3 Å². The number of hydrogen-bond donors (Lipinski definition) is 1. The van der Waals surface area contributed by atoms with Gasteiger partial charge in [0.15, 0.2) is 0 Å². The Hall–Kier alpha value is -1.55. The van der Waals surface area contributed by atoms with E-state index >= 15 is 0 Å². The Kier molecular flexibility index (Phi) is 4.80. The van der Waals surface area contributed by atoms with E-state index in [2.05, 4.69) is 12.1 Å². The third-order valence-corrected chi connectivity index (χ3v) is 3.89. The number of benzene rings is 2. The molecule has 0 heterocycles. The number of nitrogen functional groups attached to an aromatic ring is 1. The van der Waals surface area contributed by atoms with E-state index in [0.29, 0.717) is 5.75 Å². The van der Waals surface area contributed by atoms with Gasteiger partial charge in [0.2, 0.25) is 0 Å². The first kappa shape index (κ1) is 13.9. The van der Waals surface area contributed by atoms with Gasteiger partial charge in [0.05, 0.1) is 4.90 Å². The second-order valence-corrected chi connectivity index (χ2v) is 5.36. The molecule has 0 aliphatic carbocycles. The van der Waals surface area contributed by atoms with Crippen molar-refractivity contribution < 1.29 is 8.78 Å². The topological polar surface area (TPSA) is 26.0 Å². The van der Waals surface area contributed by atoms with E-state index in [4.69, 9.17) is 5.73 Å². The summed E-state index contributed by atoms with van der Waals surface area (Å²) < 4.78 is 27.0. The van der Waals surface area contributed by atoms with Gasteiger partial charge in [-0.2, -0.15) is 0 Å². The molecule has 0 aromatic heterocycles. The number of thioether (sulfide) groups is 1. The van der Waals surface area contributed by atoms with Crippen LogP contribution in [0.1, 0.15) is 12.0 Å². The molecule has 4 heteroatoms. The molecule has 2 aromatic rings. The molecule has 0 saturated carbocycles. The molecule has 0 bridgehead atoms. The van der Waals surface area contributed by atoms with Gasteiger partial charge < -0.3 is 5.73 Å². The zero-order valence-electron chi connectivity index (χ0n) is 10.4. The molecule has 0 amide bonds. The minimum absolute atomic E-state index is 0.0576. The summed E-state index contributed by atoms with van der Waals surface area (Å²) in [5.41, 5.74) is 6.72. The van der Waals surface area contributed by atoms with E-state index in [1.807, 2.05) is 18.2 Å². The summed E-state index contributed by atoms with van der Waals surface area (Å²) in [6.07, 6.45) is 1.78. The maximum atomic E-state index is 13.5. The maximum Gasteiger partial charge on any atom is 0.141 e. The second kappa shape index (κ2) is 6.57. The van der Waals surface area contributed by atoms with Gasteiger partial charge in [-0.3, -0.25) is 0 Å². The van der Waals surface area contributed by atoms with Crippen LogP contribution in [-0.4, -0.2) is 5.75 Å². The van der Waals surface area contributed by atoms with Gasteiger partial charge >= 0.3 is 0 Å². The van der Waals surface area contributed by atoms with Crippen LogP contribution in [0.15, 0.2) is 47.4 Å². The molecule has 0 saturated heterocycles. The first-order valence-electron chi connectivity index (χ1n) is 6.08. The molecule has 2 rings (SSSR count). The molecule has 100 valence electrons. The molecule has 0 radical (unpaired) electrons. The fourth-order valence-corrected chi connectivity index (χ4v) is 2.70. The molecule has 0 fully saturated rings. The van der Waals surface area contributed by atoms with E-state index in [9.17, 15) is 8.78 Å². The molecular formula is C15H15F2NS. The van der Waals surface area contributed by atoms with Crippen molar-refractivity contribution in [1.29, 1.82) is 0 Å². The molecule has 19 heavy (non-hydrogen) atoms. The second-order valence-electron chi connectivity index (χ2n) is 4.25. The lowest BCUT2D eigenvalue weighted by Gasteiger charge is -2.06. The van der Waals surface area contributed by atoms with Crippen molar-refractivity contribution in [3.05, 3.63) is 59.7 Å². The summed E-state index contributed by atoms with van der Waals surface area (Å²) in [7, 11) is 0. The van der Waals surface area contributed by atoms with Crippen molar-refractivity contribution in [2.24, 2.45) is 0 Å². The van der Waals surface area contributed by atoms with Crippen LogP contribution in [0.4, 0.5) is 14.5 Å². The molecule has 1 nitrogen and oxygen atoms in total. The molecule has 0 unspecified atom stereocenters. The lowest BCUT2D eigenvalue weighted by Crippen LogP contribution is -1.94. The summed E-state index contributed by atoms with van der Waals surface area (Å²) in [5, 5.41) is 0. The SMILES string of the molecule is Nc1cc(F)c(SCCCc2ccccc2)c(F)c1. The molecule has 2 aromatic carbocycles. The van der Waals surface area contributed by atoms with Gasteiger partial charge in [-0.1, -0.05) is 30.3 Å². The molecule has 0 aliphatic rings. The molecule has 0 atom stereocenters. The fraction of sp³-hybridized carbons (Fsp3) is 0.200. The zero-order chi connectivity index (χ0) is 13.7. The molecule has 0 spiro atoms. The lowest BCUT2D eigenvalue weighted by molar-refractivity contribution is 0.542. The van der Waals surface area contributed by atoms with Gasteiger partial charge in [0, 0.05) is 5.69 Å². The van der Waals surface area contributed by atoms with Crippen LogP contribution in [0.2, 0.25) is 0 Å². The van der Waals surface area contributed by atoms with Crippen LogP contribution >= 0.6 is 11.8 Å². The molecule has 2 N–H and O–H groups in total. The lowest BCUT2D eigenvalue weighted by atomic mass is 10.1. The van der Waals surface area contributed by atoms with Crippen LogP contribution in [-0.2, 0) is 6.42 Å². The monoisotopic (exact) mass is 279 g/mol. The van der Waals surface area contributed by atoms with Crippen LogP contribution < -0.4 is 5.73 Å². The first-order valence-corrected chi connectivity index (χ1v) is 7.06. The quantitative estimate of drug-likeness (QED) is 0.502. The van der Waals surface area contributed by atoms with Crippen LogP contribution in [0, 0.1) is 11.6 Å². The van der Waals surface area contributed by atoms with Crippen molar-refractivity contribution in [1.82, 2.24) is 0 Å². The number of nitrogens with two attached hydrogens (primary N) is 1. The maximum absolute atomic E-state index is 13.5. The van der Waals surface area contributed by atoms with E-state index in [1.165, 1.54) is 17.3 Å². The van der Waals surface area contributed by atoms with Crippen molar-refractivity contribution in [3.8, 4) is 0 Å². The summed E-state index contributed by atoms with van der Waals surface area (Å²) in [6.45, 7) is 0. The van der Waals surface area contributed by atoms with Gasteiger partial charge in [-0.25, -0.2) is 8.78 Å². The summed E-state index contributed by atoms with van der Waals surface area (Å²) in [4.78, 5) is 0.0576. The number of anilines is 1. The van der Waals surface area contributed by atoms with Crippen molar-refractivity contribution >= 4 is 17.4 Å². The number of aryl methyl sites for hydroxylation is 1. The third kappa shape index (κ3) is 3.96. The van der Waals surface area contributed by atoms with E-state index in [0.717, 1.165) is 25.0 Å². The number of hydrogen-bond acceptors (Lipinski definition) is 2. The smallest absolute Gasteiger partial charge is 0.141 e. The minimum atomic E-state index is -0.581. The highest BCUT2D eigenvalue weighted by Crippen LogP contribution is 2.27. The van der Waals surface area contributed by atoms with Gasteiger partial charge in [-0.15, -0.1) is 11.8 Å². The summed E-state index contributed by atoms with van der Waals surface area (Å²) in [5.74, 6) is -0.489. The Labute approximate surface area is 115 Å². The average Bonchev–Trinajstić information content (AvgIpc) is 2.38. The number of halogens is 2. The van der Waals surface area contributed by atoms with Crippen molar-refractivity contribution in [3.63, 3.8) is 0 Å². The van der Waals surface area contributed by atoms with Gasteiger partial charge in [0.1, 0.15) is 11.6 Å². The van der Waals surface area contributed by atoms with Crippen LogP contribution in [0.5, 0.6) is 0 Å². The minimum Gasteiger partial charge on any atom is -0.399 e. The number of rotatable bonds is 5. The van der Waals surface area contributed by atoms with Crippen molar-refractivity contribution in [2.75, 3.05) is 11.5 Å². The van der Waals surface area contributed by atoms with Crippen LogP contribution in [0.25, 0.3) is 0 Å². The highest BCUT2D eigenvalue weighted by Gasteiger charge is 2.10. The average molecular weight is 279 g/mol. The molecular weight excluding hydrogens is 264 g/mol. The normalized spacial score (nSPS) is 10.6. The summed E-state index contributed by atoms with van der Waals surface area (Å²) >= 11 is 1.20. The Bertz CT molecular complexity index is 520. The predicted molar refractivity (Wildman–Crippen MR) is 76.3 cm³/mol. The standard InChI is InChI=1S/C15H15F2NS/c16-13-9-12(18)10-14(17)15(13)19-8-4-7-11-5-2-1-3-6-11/h1-3,5-6,9-10H,4,7-8,18H2. The van der Waals surface area contributed by atoms with Crippen molar-refractivity contribution in [2.45, 2.75) is 17.7 Å². The van der Waals surface area contributed by atoms with E-state index in [-0.39, 0.29) is 10.6 Å². The first-order chi connectivity index (χ1) is 9.16. The Balaban J connectivity index is 1.86. The Morgan fingerprint density at radius 1 is 1.00 bits per heavy atom. The van der Waals surface area contributed by atoms with Gasteiger partial charge in [0.25, 0.3) is 0 Å². The Morgan fingerprint density at radius 3 is 2.26 bits per heavy atom. The van der Waals surface area contributed by atoms with Crippen LogP contribution in [0.3, 0.4) is 0 Å². The van der Waals surface area contributed by atoms with E-state index in [1.54, 1.807) is 0 Å². The third-order valence-electron chi connectivity index (χ3n) is 2.72. The highest BCUT2D eigenvalue weighted by molar-refractivity contribution is 7.99. The van der Waals surface area contributed by atoms with E-state index < -0.39 is 11.6 Å². The summed E-state index contributed by atoms with van der Waals surface area (Å²) in [6, 6.07) is 12.4. The molecule has 0 aliphatic heterocycles. The predicted octanol–water partition coefficient (Wildman–Crippen LogP) is 4.27. The fourth-order valence-electron chi connectivity index (χ4n) is 1.81. The Morgan fingerprint density at radius 2 is 1.63 bits per heavy atom. The highest BCUT2D eigenvalue weighted by atomic mass is 32.2. The zero-order valence-corrected chi connectivity index (χ0v) is 11.2. The largest absolute Gasteiger partial charge is 0.399 e.